The van der Waals surface area contributed by atoms with Gasteiger partial charge in [0.1, 0.15) is 0 Å². The molecule has 16 heavy (non-hydrogen) atoms. The van der Waals surface area contributed by atoms with Gasteiger partial charge in [0, 0.05) is 25.4 Å². The van der Waals surface area contributed by atoms with E-state index in [4.69, 9.17) is 4.74 Å². The summed E-state index contributed by atoms with van der Waals surface area (Å²) in [6, 6.07) is 0. The maximum absolute atomic E-state index is 11.4. The highest BCUT2D eigenvalue weighted by Gasteiger charge is 2.13. The average molecular weight is 246 g/mol. The van der Waals surface area contributed by atoms with E-state index in [1.165, 1.54) is 24.6 Å². The molecule has 4 nitrogen and oxygen atoms in total. The van der Waals surface area contributed by atoms with Gasteiger partial charge in [-0.1, -0.05) is 31.5 Å². The van der Waals surface area contributed by atoms with E-state index in [0.717, 1.165) is 31.9 Å². The lowest BCUT2D eigenvalue weighted by molar-refractivity contribution is 0.0312. The van der Waals surface area contributed by atoms with E-state index in [1.54, 1.807) is 0 Å². The molecule has 0 aromatic heterocycles. The standard InChI is InChI=1S/C11H22N2O2S/c1-2-3-4-7-16-11(14)13-9-10-8-12-5-6-15-10/h10,12H,2-9H2,1H3,(H,13,14). The van der Waals surface area contributed by atoms with Crippen molar-refractivity contribution in [2.75, 3.05) is 32.0 Å². The number of amides is 1. The summed E-state index contributed by atoms with van der Waals surface area (Å²) in [4.78, 5) is 11.4. The first kappa shape index (κ1) is 13.8. The van der Waals surface area contributed by atoms with Crippen molar-refractivity contribution in [3.63, 3.8) is 0 Å². The van der Waals surface area contributed by atoms with Crippen LogP contribution in [0, 0.1) is 0 Å². The zero-order valence-electron chi connectivity index (χ0n) is 9.96. The van der Waals surface area contributed by atoms with Gasteiger partial charge in [-0.25, -0.2) is 0 Å². The first-order chi connectivity index (χ1) is 7.83. The Morgan fingerprint density at radius 2 is 2.44 bits per heavy atom. The fourth-order valence-electron chi connectivity index (χ4n) is 1.52. The summed E-state index contributed by atoms with van der Waals surface area (Å²) in [5, 5.41) is 6.20. The van der Waals surface area contributed by atoms with Gasteiger partial charge in [0.25, 0.3) is 5.24 Å². The third-order valence-electron chi connectivity index (χ3n) is 2.46. The van der Waals surface area contributed by atoms with Crippen molar-refractivity contribution in [2.45, 2.75) is 32.3 Å². The smallest absolute Gasteiger partial charge is 0.279 e. The maximum atomic E-state index is 11.4. The molecule has 0 aromatic carbocycles. The second kappa shape index (κ2) is 8.84. The zero-order valence-corrected chi connectivity index (χ0v) is 10.8. The van der Waals surface area contributed by atoms with Gasteiger partial charge in [0.05, 0.1) is 12.7 Å². The summed E-state index contributed by atoms with van der Waals surface area (Å²) in [6.45, 7) is 5.27. The predicted molar refractivity (Wildman–Crippen MR) is 68.0 cm³/mol. The molecule has 1 unspecified atom stereocenters. The minimum Gasteiger partial charge on any atom is -0.374 e. The summed E-state index contributed by atoms with van der Waals surface area (Å²) < 4.78 is 5.48. The van der Waals surface area contributed by atoms with Gasteiger partial charge >= 0.3 is 0 Å². The topological polar surface area (TPSA) is 50.4 Å². The molecule has 0 radical (unpaired) electrons. The van der Waals surface area contributed by atoms with E-state index < -0.39 is 0 Å². The highest BCUT2D eigenvalue weighted by molar-refractivity contribution is 8.13. The van der Waals surface area contributed by atoms with Crippen LogP contribution in [0.4, 0.5) is 4.79 Å². The Morgan fingerprint density at radius 1 is 1.56 bits per heavy atom. The Morgan fingerprint density at radius 3 is 3.12 bits per heavy atom. The van der Waals surface area contributed by atoms with E-state index in [1.807, 2.05) is 0 Å². The number of hydrogen-bond donors (Lipinski definition) is 2. The summed E-state index contributed by atoms with van der Waals surface area (Å²) >= 11 is 1.38. The third kappa shape index (κ3) is 6.35. The predicted octanol–water partition coefficient (Wildman–Crippen LogP) is 1.61. The summed E-state index contributed by atoms with van der Waals surface area (Å²) in [5.41, 5.74) is 0. The number of carbonyl (C=O) groups is 1. The van der Waals surface area contributed by atoms with Crippen molar-refractivity contribution in [1.29, 1.82) is 0 Å². The first-order valence-electron chi connectivity index (χ1n) is 6.06. The molecule has 1 amide bonds. The van der Waals surface area contributed by atoms with Gasteiger partial charge in [0.15, 0.2) is 0 Å². The SMILES string of the molecule is CCCCCSC(=O)NCC1CNCCO1. The molecule has 1 rings (SSSR count). The van der Waals surface area contributed by atoms with Gasteiger partial charge in [-0.3, -0.25) is 4.79 Å². The zero-order chi connectivity index (χ0) is 11.6. The molecule has 0 saturated carbocycles. The van der Waals surface area contributed by atoms with Crippen LogP contribution in [0.15, 0.2) is 0 Å². The molecule has 1 heterocycles. The lowest BCUT2D eigenvalue weighted by Gasteiger charge is -2.23. The lowest BCUT2D eigenvalue weighted by atomic mass is 10.3. The molecular formula is C11H22N2O2S. The second-order valence-electron chi connectivity index (χ2n) is 3.92. The summed E-state index contributed by atoms with van der Waals surface area (Å²) in [6.07, 6.45) is 3.66. The van der Waals surface area contributed by atoms with E-state index in [0.29, 0.717) is 6.54 Å². The largest absolute Gasteiger partial charge is 0.374 e. The molecule has 1 atom stereocenters. The molecular weight excluding hydrogens is 224 g/mol. The molecule has 1 fully saturated rings. The fraction of sp³-hybridized carbons (Fsp3) is 0.909. The molecule has 0 bridgehead atoms. The average Bonchev–Trinajstić information content (AvgIpc) is 2.33. The minimum absolute atomic E-state index is 0.0743. The Balaban J connectivity index is 1.96. The second-order valence-corrected chi connectivity index (χ2v) is 4.99. The first-order valence-corrected chi connectivity index (χ1v) is 7.04. The minimum atomic E-state index is 0.0743. The normalized spacial score (nSPS) is 20.7. The monoisotopic (exact) mass is 246 g/mol. The molecule has 1 saturated heterocycles. The Bertz CT molecular complexity index is 196. The number of nitrogens with one attached hydrogen (secondary N) is 2. The van der Waals surface area contributed by atoms with Crippen LogP contribution in [0.1, 0.15) is 26.2 Å². The van der Waals surface area contributed by atoms with Gasteiger partial charge < -0.3 is 15.4 Å². The van der Waals surface area contributed by atoms with Crippen molar-refractivity contribution in [3.05, 3.63) is 0 Å². The van der Waals surface area contributed by atoms with Crippen LogP contribution in [-0.4, -0.2) is 43.3 Å². The molecule has 5 heteroatoms. The van der Waals surface area contributed by atoms with Crippen molar-refractivity contribution < 1.29 is 9.53 Å². The molecule has 1 aliphatic heterocycles. The molecule has 1 aliphatic rings. The highest BCUT2D eigenvalue weighted by atomic mass is 32.2. The van der Waals surface area contributed by atoms with Crippen LogP contribution in [0.2, 0.25) is 0 Å². The van der Waals surface area contributed by atoms with Crippen LogP contribution < -0.4 is 10.6 Å². The van der Waals surface area contributed by atoms with Crippen molar-refractivity contribution in [3.8, 4) is 0 Å². The number of morpholine rings is 1. The van der Waals surface area contributed by atoms with E-state index >= 15 is 0 Å². The van der Waals surface area contributed by atoms with Crippen molar-refractivity contribution in [2.24, 2.45) is 0 Å². The number of rotatable bonds is 6. The molecule has 2 N–H and O–H groups in total. The number of thioether (sulfide) groups is 1. The van der Waals surface area contributed by atoms with Crippen molar-refractivity contribution in [1.82, 2.24) is 10.6 Å². The molecule has 0 aliphatic carbocycles. The quantitative estimate of drug-likeness (QED) is 0.699. The maximum Gasteiger partial charge on any atom is 0.279 e. The van der Waals surface area contributed by atoms with E-state index in [-0.39, 0.29) is 11.3 Å². The van der Waals surface area contributed by atoms with E-state index in [2.05, 4.69) is 17.6 Å². The Labute approximate surface area is 102 Å². The molecule has 0 aromatic rings. The van der Waals surface area contributed by atoms with Crippen LogP contribution in [-0.2, 0) is 4.74 Å². The van der Waals surface area contributed by atoms with Gasteiger partial charge in [-0.05, 0) is 6.42 Å². The van der Waals surface area contributed by atoms with Gasteiger partial charge in [-0.2, -0.15) is 0 Å². The van der Waals surface area contributed by atoms with Crippen LogP contribution >= 0.6 is 11.8 Å². The third-order valence-corrected chi connectivity index (χ3v) is 3.36. The van der Waals surface area contributed by atoms with Crippen LogP contribution in [0.25, 0.3) is 0 Å². The lowest BCUT2D eigenvalue weighted by Crippen LogP contribution is -2.44. The number of hydrogen-bond acceptors (Lipinski definition) is 4. The molecule has 0 spiro atoms. The van der Waals surface area contributed by atoms with Gasteiger partial charge in [0.2, 0.25) is 0 Å². The van der Waals surface area contributed by atoms with Crippen LogP contribution in [0.3, 0.4) is 0 Å². The summed E-state index contributed by atoms with van der Waals surface area (Å²) in [7, 11) is 0. The highest BCUT2D eigenvalue weighted by Crippen LogP contribution is 2.07. The Kier molecular flexibility index (Phi) is 7.63. The number of carbonyl (C=O) groups excluding carboxylic acids is 1. The van der Waals surface area contributed by atoms with Crippen molar-refractivity contribution >= 4 is 17.0 Å². The van der Waals surface area contributed by atoms with Crippen LogP contribution in [0.5, 0.6) is 0 Å². The van der Waals surface area contributed by atoms with Gasteiger partial charge in [-0.15, -0.1) is 0 Å². The number of ether oxygens (including phenoxy) is 1. The molecule has 94 valence electrons. The van der Waals surface area contributed by atoms with E-state index in [9.17, 15) is 4.79 Å². The summed E-state index contributed by atoms with van der Waals surface area (Å²) in [5.74, 6) is 0.920. The fourth-order valence-corrected chi connectivity index (χ4v) is 2.24. The Hall–Kier alpha value is -0.260. The number of unbranched alkanes of at least 4 members (excludes halogenated alkanes) is 2.